The van der Waals surface area contributed by atoms with Crippen molar-refractivity contribution < 1.29 is 9.84 Å². The number of ether oxygens (including phenoxy) is 1. The summed E-state index contributed by atoms with van der Waals surface area (Å²) in [6.45, 7) is 0.706. The zero-order valence-electron chi connectivity index (χ0n) is 9.97. The summed E-state index contributed by atoms with van der Waals surface area (Å²) in [6.07, 6.45) is 5.25. The summed E-state index contributed by atoms with van der Waals surface area (Å²) in [7, 11) is 0. The van der Waals surface area contributed by atoms with Crippen LogP contribution < -0.4 is 5.73 Å². The van der Waals surface area contributed by atoms with Crippen LogP contribution in [0.15, 0.2) is 12.5 Å². The molecule has 0 spiro atoms. The molecular weight excluding hydrogens is 232 g/mol. The maximum Gasteiger partial charge on any atom is 0.151 e. The third-order valence-corrected chi connectivity index (χ3v) is 3.54. The van der Waals surface area contributed by atoms with Crippen LogP contribution in [0.4, 0.5) is 5.82 Å². The summed E-state index contributed by atoms with van der Waals surface area (Å²) >= 11 is 0. The maximum atomic E-state index is 9.05. The molecule has 2 unspecified atom stereocenters. The first kappa shape index (κ1) is 11.4. The lowest BCUT2D eigenvalue weighted by Crippen LogP contribution is -2.27. The molecule has 3 heterocycles. The summed E-state index contributed by atoms with van der Waals surface area (Å²) in [5, 5.41) is 9.05. The molecule has 0 saturated carbocycles. The molecule has 2 atom stereocenters. The smallest absolute Gasteiger partial charge is 0.151 e. The lowest BCUT2D eigenvalue weighted by atomic mass is 9.92. The number of nitrogen functional groups attached to an aromatic ring is 1. The maximum absolute atomic E-state index is 9.05. The Bertz CT molecular complexity index is 546. The Labute approximate surface area is 104 Å². The number of nitrogens with zero attached hydrogens (tertiary/aromatic N) is 2. The SMILES string of the molecule is Nc1ncnc2c(C3CCC(CO)OC3)c[nH]c12. The number of aliphatic hydroxyl groups is 1. The Morgan fingerprint density at radius 3 is 3.06 bits per heavy atom. The summed E-state index contributed by atoms with van der Waals surface area (Å²) in [5.74, 6) is 0.770. The van der Waals surface area contributed by atoms with Crippen molar-refractivity contribution in [3.8, 4) is 0 Å². The van der Waals surface area contributed by atoms with Crippen molar-refractivity contribution in [2.75, 3.05) is 18.9 Å². The summed E-state index contributed by atoms with van der Waals surface area (Å²) < 4.78 is 5.60. The van der Waals surface area contributed by atoms with Crippen LogP contribution in [0.25, 0.3) is 11.0 Å². The molecule has 0 bridgehead atoms. The number of hydrogen-bond acceptors (Lipinski definition) is 5. The number of aromatic amines is 1. The van der Waals surface area contributed by atoms with Gasteiger partial charge in [-0.2, -0.15) is 0 Å². The highest BCUT2D eigenvalue weighted by Crippen LogP contribution is 2.32. The molecule has 0 radical (unpaired) electrons. The fourth-order valence-electron chi connectivity index (χ4n) is 2.49. The van der Waals surface area contributed by atoms with Gasteiger partial charge in [-0.25, -0.2) is 9.97 Å². The Morgan fingerprint density at radius 2 is 2.33 bits per heavy atom. The average Bonchev–Trinajstić information content (AvgIpc) is 2.84. The van der Waals surface area contributed by atoms with Crippen LogP contribution in [0.5, 0.6) is 0 Å². The number of nitrogens with two attached hydrogens (primary N) is 1. The Kier molecular flexibility index (Phi) is 2.89. The predicted octanol–water partition coefficient (Wildman–Crippen LogP) is 0.795. The fraction of sp³-hybridized carbons (Fsp3) is 0.500. The van der Waals surface area contributed by atoms with Crippen molar-refractivity contribution in [2.45, 2.75) is 24.9 Å². The molecule has 4 N–H and O–H groups in total. The van der Waals surface area contributed by atoms with E-state index in [1.165, 1.54) is 6.33 Å². The van der Waals surface area contributed by atoms with Gasteiger partial charge in [-0.15, -0.1) is 0 Å². The van der Waals surface area contributed by atoms with Gasteiger partial charge in [-0.3, -0.25) is 0 Å². The number of anilines is 1. The van der Waals surface area contributed by atoms with Gasteiger partial charge in [0.1, 0.15) is 11.8 Å². The topological polar surface area (TPSA) is 97.1 Å². The number of fused-ring (bicyclic) bond motifs is 1. The molecule has 6 heteroatoms. The quantitative estimate of drug-likeness (QED) is 0.730. The zero-order valence-corrected chi connectivity index (χ0v) is 9.97. The number of rotatable bonds is 2. The van der Waals surface area contributed by atoms with Crippen LogP contribution in [0.1, 0.15) is 24.3 Å². The molecule has 0 aliphatic carbocycles. The average molecular weight is 248 g/mol. The molecule has 1 fully saturated rings. The van der Waals surface area contributed by atoms with Crippen molar-refractivity contribution >= 4 is 16.9 Å². The highest BCUT2D eigenvalue weighted by molar-refractivity contribution is 5.87. The van der Waals surface area contributed by atoms with E-state index in [0.29, 0.717) is 18.3 Å². The second-order valence-corrected chi connectivity index (χ2v) is 4.64. The molecule has 0 aromatic carbocycles. The van der Waals surface area contributed by atoms with Gasteiger partial charge in [-0.1, -0.05) is 0 Å². The van der Waals surface area contributed by atoms with Gasteiger partial charge in [-0.05, 0) is 12.8 Å². The minimum atomic E-state index is -0.0221. The molecule has 96 valence electrons. The van der Waals surface area contributed by atoms with Gasteiger partial charge in [0.25, 0.3) is 0 Å². The monoisotopic (exact) mass is 248 g/mol. The molecular formula is C12H16N4O2. The van der Waals surface area contributed by atoms with Gasteiger partial charge in [0.2, 0.25) is 0 Å². The van der Waals surface area contributed by atoms with E-state index in [1.807, 2.05) is 6.20 Å². The van der Waals surface area contributed by atoms with Gasteiger partial charge in [0, 0.05) is 17.7 Å². The van der Waals surface area contributed by atoms with Crippen LogP contribution in [-0.2, 0) is 4.74 Å². The number of aromatic nitrogens is 3. The zero-order chi connectivity index (χ0) is 12.5. The van der Waals surface area contributed by atoms with Crippen molar-refractivity contribution in [1.82, 2.24) is 15.0 Å². The highest BCUT2D eigenvalue weighted by atomic mass is 16.5. The van der Waals surface area contributed by atoms with Crippen molar-refractivity contribution in [3.63, 3.8) is 0 Å². The molecule has 6 nitrogen and oxygen atoms in total. The fourth-order valence-corrected chi connectivity index (χ4v) is 2.49. The molecule has 2 aromatic heterocycles. The van der Waals surface area contributed by atoms with Gasteiger partial charge in [0.05, 0.1) is 24.8 Å². The van der Waals surface area contributed by atoms with E-state index in [1.54, 1.807) is 0 Å². The molecule has 3 rings (SSSR count). The van der Waals surface area contributed by atoms with Gasteiger partial charge in [0.15, 0.2) is 5.82 Å². The summed E-state index contributed by atoms with van der Waals surface area (Å²) in [6, 6.07) is 0. The largest absolute Gasteiger partial charge is 0.394 e. The third-order valence-electron chi connectivity index (χ3n) is 3.54. The van der Waals surface area contributed by atoms with Crippen molar-refractivity contribution in [2.24, 2.45) is 0 Å². The molecule has 1 saturated heterocycles. The van der Waals surface area contributed by atoms with E-state index in [-0.39, 0.29) is 12.7 Å². The molecule has 0 amide bonds. The second-order valence-electron chi connectivity index (χ2n) is 4.64. The van der Waals surface area contributed by atoms with Gasteiger partial charge < -0.3 is 20.6 Å². The van der Waals surface area contributed by atoms with E-state index in [4.69, 9.17) is 15.6 Å². The number of nitrogens with one attached hydrogen (secondary N) is 1. The molecule has 1 aliphatic rings. The summed E-state index contributed by atoms with van der Waals surface area (Å²) in [5.41, 5.74) is 8.58. The van der Waals surface area contributed by atoms with E-state index in [2.05, 4.69) is 15.0 Å². The van der Waals surface area contributed by atoms with Crippen LogP contribution in [-0.4, -0.2) is 39.4 Å². The normalized spacial score (nSPS) is 24.5. The van der Waals surface area contributed by atoms with Crippen LogP contribution in [0, 0.1) is 0 Å². The number of H-pyrrole nitrogens is 1. The summed E-state index contributed by atoms with van der Waals surface area (Å²) in [4.78, 5) is 11.4. The van der Waals surface area contributed by atoms with E-state index < -0.39 is 0 Å². The second kappa shape index (κ2) is 4.55. The molecule has 18 heavy (non-hydrogen) atoms. The van der Waals surface area contributed by atoms with Crippen molar-refractivity contribution in [3.05, 3.63) is 18.1 Å². The third kappa shape index (κ3) is 1.83. The minimum absolute atomic E-state index is 0.0221. The van der Waals surface area contributed by atoms with Crippen LogP contribution in [0.2, 0.25) is 0 Å². The van der Waals surface area contributed by atoms with Crippen LogP contribution >= 0.6 is 0 Å². The Balaban J connectivity index is 1.89. The highest BCUT2D eigenvalue weighted by Gasteiger charge is 2.25. The lowest BCUT2D eigenvalue weighted by Gasteiger charge is -2.27. The van der Waals surface area contributed by atoms with E-state index in [9.17, 15) is 0 Å². The first-order valence-electron chi connectivity index (χ1n) is 6.09. The van der Waals surface area contributed by atoms with Gasteiger partial charge >= 0.3 is 0 Å². The molecule has 1 aliphatic heterocycles. The minimum Gasteiger partial charge on any atom is -0.394 e. The molecule has 2 aromatic rings. The first-order valence-corrected chi connectivity index (χ1v) is 6.09. The number of hydrogen-bond donors (Lipinski definition) is 3. The number of aliphatic hydroxyl groups excluding tert-OH is 1. The standard InChI is InChI=1S/C12H16N4O2/c13-12-11-10(15-6-16-12)9(3-14-11)7-1-2-8(4-17)18-5-7/h3,6-8,14,17H,1-2,4-5H2,(H2,13,15,16). The van der Waals surface area contributed by atoms with E-state index >= 15 is 0 Å². The Morgan fingerprint density at radius 1 is 1.44 bits per heavy atom. The van der Waals surface area contributed by atoms with Crippen LogP contribution in [0.3, 0.4) is 0 Å². The lowest BCUT2D eigenvalue weighted by molar-refractivity contribution is -0.0268. The van der Waals surface area contributed by atoms with Crippen molar-refractivity contribution in [1.29, 1.82) is 0 Å². The Hall–Kier alpha value is -1.66. The van der Waals surface area contributed by atoms with E-state index in [0.717, 1.165) is 29.4 Å². The predicted molar refractivity (Wildman–Crippen MR) is 67.1 cm³/mol. The first-order chi connectivity index (χ1) is 8.79.